The number of hydrogen-bond donors (Lipinski definition) is 0. The van der Waals surface area contributed by atoms with Gasteiger partial charge in [0.15, 0.2) is 0 Å². The lowest BCUT2D eigenvalue weighted by atomic mass is 10.3. The molecule has 0 aliphatic carbocycles. The van der Waals surface area contributed by atoms with Crippen molar-refractivity contribution in [2.75, 3.05) is 20.2 Å². The van der Waals surface area contributed by atoms with Gasteiger partial charge >= 0.3 is 0 Å². The van der Waals surface area contributed by atoms with Gasteiger partial charge in [-0.1, -0.05) is 0 Å². The van der Waals surface area contributed by atoms with Crippen LogP contribution in [0.5, 0.6) is 11.8 Å². The number of methoxy groups -OCH3 is 1. The smallest absolute Gasteiger partial charge is 0.278 e. The topological polar surface area (TPSA) is 69.5 Å². The van der Waals surface area contributed by atoms with E-state index in [1.807, 2.05) is 34.0 Å². The Morgan fingerprint density at radius 1 is 1.27 bits per heavy atom. The average Bonchev–Trinajstić information content (AvgIpc) is 3.19. The Labute approximate surface area is 128 Å². The number of ether oxygens (including phenoxy) is 2. The first kappa shape index (κ1) is 14.4. The van der Waals surface area contributed by atoms with Crippen molar-refractivity contribution in [2.45, 2.75) is 19.1 Å². The molecule has 1 aliphatic rings. The van der Waals surface area contributed by atoms with Crippen molar-refractivity contribution >= 4 is 5.91 Å². The molecule has 3 rings (SSSR count). The zero-order chi connectivity index (χ0) is 15.4. The minimum atomic E-state index is -0.0841. The third-order valence-corrected chi connectivity index (χ3v) is 3.59. The van der Waals surface area contributed by atoms with E-state index in [0.29, 0.717) is 31.4 Å². The molecule has 3 heterocycles. The summed E-state index contributed by atoms with van der Waals surface area (Å²) < 4.78 is 12.8. The highest BCUT2D eigenvalue weighted by atomic mass is 16.5. The minimum Gasteiger partial charge on any atom is -0.477 e. The zero-order valence-electron chi connectivity index (χ0n) is 12.4. The summed E-state index contributed by atoms with van der Waals surface area (Å²) in [5.74, 6) is 0.822. The largest absolute Gasteiger partial charge is 0.477 e. The van der Waals surface area contributed by atoms with Crippen LogP contribution >= 0.6 is 0 Å². The van der Waals surface area contributed by atoms with Crippen molar-refractivity contribution in [1.82, 2.24) is 19.4 Å². The summed E-state index contributed by atoms with van der Waals surface area (Å²) in [5, 5.41) is 0. The van der Waals surface area contributed by atoms with E-state index in [2.05, 4.69) is 9.97 Å². The molecule has 7 nitrogen and oxygen atoms in total. The third-order valence-electron chi connectivity index (χ3n) is 3.59. The third kappa shape index (κ3) is 3.19. The molecule has 2 aromatic rings. The molecule has 1 aliphatic heterocycles. The molecule has 0 radical (unpaired) electrons. The molecule has 0 aromatic carbocycles. The lowest BCUT2D eigenvalue weighted by molar-refractivity contribution is -0.131. The molecule has 22 heavy (non-hydrogen) atoms. The van der Waals surface area contributed by atoms with Crippen molar-refractivity contribution in [3.8, 4) is 11.8 Å². The van der Waals surface area contributed by atoms with Gasteiger partial charge in [0.1, 0.15) is 12.6 Å². The van der Waals surface area contributed by atoms with Crippen LogP contribution in [0.2, 0.25) is 0 Å². The minimum absolute atomic E-state index is 0.0841. The van der Waals surface area contributed by atoms with Crippen molar-refractivity contribution in [3.05, 3.63) is 36.9 Å². The molecule has 0 N–H and O–H groups in total. The highest BCUT2D eigenvalue weighted by molar-refractivity contribution is 5.76. The molecule has 7 heteroatoms. The summed E-state index contributed by atoms with van der Waals surface area (Å²) in [6, 6.07) is 3.81. The van der Waals surface area contributed by atoms with E-state index in [-0.39, 0.29) is 12.0 Å². The second kappa shape index (κ2) is 6.46. The fraction of sp³-hybridized carbons (Fsp3) is 0.400. The van der Waals surface area contributed by atoms with Crippen molar-refractivity contribution in [3.63, 3.8) is 0 Å². The van der Waals surface area contributed by atoms with E-state index in [1.165, 1.54) is 7.11 Å². The lowest BCUT2D eigenvalue weighted by Crippen LogP contribution is -2.33. The Kier molecular flexibility index (Phi) is 4.22. The van der Waals surface area contributed by atoms with Gasteiger partial charge in [-0.05, 0) is 12.1 Å². The van der Waals surface area contributed by atoms with Crippen LogP contribution in [0.4, 0.5) is 0 Å². The van der Waals surface area contributed by atoms with Crippen LogP contribution in [0.1, 0.15) is 6.42 Å². The fourth-order valence-corrected chi connectivity index (χ4v) is 2.47. The van der Waals surface area contributed by atoms with Gasteiger partial charge in [0.25, 0.3) is 11.8 Å². The standard InChI is InChI=1S/C15H18N4O3/c1-21-14-15(17-6-5-16-14)22-12-4-9-19(10-12)13(20)11-18-7-2-3-8-18/h2-3,5-8,12H,4,9-11H2,1H3/t12-/m1/s1. The SMILES string of the molecule is COc1nccnc1O[C@@H]1CCN(C(=O)Cn2cccc2)C1. The predicted molar refractivity (Wildman–Crippen MR) is 78.6 cm³/mol. The van der Waals surface area contributed by atoms with E-state index in [4.69, 9.17) is 9.47 Å². The first-order chi connectivity index (χ1) is 10.8. The maximum Gasteiger partial charge on any atom is 0.278 e. The van der Waals surface area contributed by atoms with Crippen LogP contribution in [0.25, 0.3) is 0 Å². The molecule has 1 saturated heterocycles. The molecule has 1 fully saturated rings. The number of rotatable bonds is 5. The van der Waals surface area contributed by atoms with E-state index in [1.54, 1.807) is 12.4 Å². The quantitative estimate of drug-likeness (QED) is 0.823. The number of carbonyl (C=O) groups is 1. The van der Waals surface area contributed by atoms with Crippen molar-refractivity contribution < 1.29 is 14.3 Å². The van der Waals surface area contributed by atoms with Gasteiger partial charge in [-0.3, -0.25) is 4.79 Å². The molecule has 1 amide bonds. The summed E-state index contributed by atoms with van der Waals surface area (Å²) in [4.78, 5) is 22.2. The first-order valence-corrected chi connectivity index (χ1v) is 7.16. The summed E-state index contributed by atoms with van der Waals surface area (Å²) in [6.07, 6.45) is 7.56. The van der Waals surface area contributed by atoms with E-state index in [9.17, 15) is 4.79 Å². The van der Waals surface area contributed by atoms with Crippen LogP contribution in [0.3, 0.4) is 0 Å². The normalized spacial score (nSPS) is 17.5. The fourth-order valence-electron chi connectivity index (χ4n) is 2.47. The van der Waals surface area contributed by atoms with Crippen LogP contribution in [-0.4, -0.2) is 51.6 Å². The van der Waals surface area contributed by atoms with Crippen LogP contribution in [-0.2, 0) is 11.3 Å². The molecule has 0 spiro atoms. The van der Waals surface area contributed by atoms with E-state index >= 15 is 0 Å². The zero-order valence-corrected chi connectivity index (χ0v) is 12.4. The number of hydrogen-bond acceptors (Lipinski definition) is 5. The molecule has 0 unspecified atom stereocenters. The maximum absolute atomic E-state index is 12.2. The average molecular weight is 302 g/mol. The molecular formula is C15H18N4O3. The van der Waals surface area contributed by atoms with Gasteiger partial charge < -0.3 is 18.9 Å². The Morgan fingerprint density at radius 2 is 2.00 bits per heavy atom. The number of nitrogens with zero attached hydrogens (tertiary/aromatic N) is 4. The molecule has 0 bridgehead atoms. The van der Waals surface area contributed by atoms with Crippen molar-refractivity contribution in [2.24, 2.45) is 0 Å². The Hall–Kier alpha value is -2.57. The maximum atomic E-state index is 12.2. The van der Waals surface area contributed by atoms with Gasteiger partial charge in [-0.2, -0.15) is 0 Å². The van der Waals surface area contributed by atoms with Gasteiger partial charge in [-0.25, -0.2) is 9.97 Å². The van der Waals surface area contributed by atoms with Gasteiger partial charge in [0, 0.05) is 37.8 Å². The summed E-state index contributed by atoms with van der Waals surface area (Å²) in [6.45, 7) is 1.60. The molecule has 1 atom stereocenters. The van der Waals surface area contributed by atoms with Gasteiger partial charge in [0.2, 0.25) is 5.91 Å². The number of aromatic nitrogens is 3. The Morgan fingerprint density at radius 3 is 2.73 bits per heavy atom. The first-order valence-electron chi connectivity index (χ1n) is 7.16. The molecule has 2 aromatic heterocycles. The van der Waals surface area contributed by atoms with E-state index < -0.39 is 0 Å². The molecule has 116 valence electrons. The van der Waals surface area contributed by atoms with Gasteiger partial charge in [-0.15, -0.1) is 0 Å². The number of carbonyl (C=O) groups excluding carboxylic acids is 1. The van der Waals surface area contributed by atoms with Crippen LogP contribution in [0, 0.1) is 0 Å². The highest BCUT2D eigenvalue weighted by Crippen LogP contribution is 2.23. The van der Waals surface area contributed by atoms with E-state index in [0.717, 1.165) is 6.42 Å². The summed E-state index contributed by atoms with van der Waals surface area (Å²) in [7, 11) is 1.53. The molecular weight excluding hydrogens is 284 g/mol. The Balaban J connectivity index is 1.57. The summed E-state index contributed by atoms with van der Waals surface area (Å²) in [5.41, 5.74) is 0. The number of likely N-dealkylation sites (tertiary alicyclic amines) is 1. The molecule has 0 saturated carbocycles. The summed E-state index contributed by atoms with van der Waals surface area (Å²) >= 11 is 0. The predicted octanol–water partition coefficient (Wildman–Crippen LogP) is 0.967. The van der Waals surface area contributed by atoms with Crippen LogP contribution in [0.15, 0.2) is 36.9 Å². The van der Waals surface area contributed by atoms with Crippen LogP contribution < -0.4 is 9.47 Å². The lowest BCUT2D eigenvalue weighted by Gasteiger charge is -2.17. The monoisotopic (exact) mass is 302 g/mol. The van der Waals surface area contributed by atoms with Gasteiger partial charge in [0.05, 0.1) is 13.7 Å². The highest BCUT2D eigenvalue weighted by Gasteiger charge is 2.28. The second-order valence-electron chi connectivity index (χ2n) is 5.09. The Bertz CT molecular complexity index is 629. The van der Waals surface area contributed by atoms with Crippen molar-refractivity contribution in [1.29, 1.82) is 0 Å². The second-order valence-corrected chi connectivity index (χ2v) is 5.09. The number of amides is 1.